The number of amidine groups is 1. The molecule has 6 atom stereocenters. The van der Waals surface area contributed by atoms with E-state index >= 15 is 0 Å². The van der Waals surface area contributed by atoms with E-state index in [1.165, 1.54) is 0 Å². The number of nitrogens with two attached hydrogens (primary N) is 1. The first-order valence-electron chi connectivity index (χ1n) is 9.87. The number of ether oxygens (including phenoxy) is 1. The maximum Gasteiger partial charge on any atom is 0.451 e. The third-order valence-electron chi connectivity index (χ3n) is 5.85. The molecule has 0 saturated carbocycles. The van der Waals surface area contributed by atoms with Gasteiger partial charge in [0.2, 0.25) is 6.23 Å². The molecule has 2 rings (SSSR count). The fourth-order valence-corrected chi connectivity index (χ4v) is 4.09. The van der Waals surface area contributed by atoms with Gasteiger partial charge in [-0.05, 0) is 32.1 Å². The topological polar surface area (TPSA) is 102 Å². The van der Waals surface area contributed by atoms with Crippen molar-refractivity contribution in [2.75, 3.05) is 7.05 Å². The molecule has 0 bridgehead atoms. The maximum absolute atomic E-state index is 12.7. The van der Waals surface area contributed by atoms with Crippen LogP contribution in [0, 0.1) is 17.8 Å². The highest BCUT2D eigenvalue weighted by Gasteiger charge is 2.45. The largest absolute Gasteiger partial charge is 0.451 e. The average molecular weight is 381 g/mol. The summed E-state index contributed by atoms with van der Waals surface area (Å²) in [6, 6.07) is -0.319. The number of hydrogen-bond acceptors (Lipinski definition) is 5. The molecule has 2 aliphatic rings. The molecule has 0 aromatic rings. The molecule has 7 nitrogen and oxygen atoms in total. The van der Waals surface area contributed by atoms with Crippen molar-refractivity contribution >= 4 is 17.6 Å². The summed E-state index contributed by atoms with van der Waals surface area (Å²) in [7, 11) is 1.78. The van der Waals surface area contributed by atoms with Gasteiger partial charge in [0.15, 0.2) is 0 Å². The summed E-state index contributed by atoms with van der Waals surface area (Å²) >= 11 is 0. The smallest absolute Gasteiger partial charge is 0.393 e. The zero-order chi connectivity index (χ0) is 20.4. The second kappa shape index (κ2) is 8.63. The Balaban J connectivity index is 1.89. The fourth-order valence-electron chi connectivity index (χ4n) is 4.09. The number of carbonyl (C=O) groups excluding carboxylic acids is 2. The molecule has 3 N–H and O–H groups in total. The lowest BCUT2D eigenvalue weighted by atomic mass is 9.80. The lowest BCUT2D eigenvalue weighted by Crippen LogP contribution is -2.53. The van der Waals surface area contributed by atoms with E-state index in [9.17, 15) is 14.7 Å². The first-order chi connectivity index (χ1) is 12.6. The Morgan fingerprint density at radius 3 is 2.59 bits per heavy atom. The van der Waals surface area contributed by atoms with Crippen LogP contribution in [0.3, 0.4) is 0 Å². The molecule has 152 valence electrons. The molecule has 0 aliphatic carbocycles. The van der Waals surface area contributed by atoms with Gasteiger partial charge in [0.1, 0.15) is 17.8 Å². The minimum atomic E-state index is -0.638. The number of amides is 2. The molecule has 27 heavy (non-hydrogen) atoms. The fraction of sp³-hybridized carbons (Fsp3) is 0.750. The Kier molecular flexibility index (Phi) is 6.94. The summed E-state index contributed by atoms with van der Waals surface area (Å²) in [6.45, 7) is 7.54. The standard InChI is InChI=1S/C20H33N3O4/c1-12(2)18(14(4)24)19(25)13(3)6-7-15-8-9-17(27-15)23(5)11-10-16(21)22-20(23)26/h10-15,17-18,24H,6-9H2,1-5H3,(H-,21,22,26)/p+1. The molecule has 2 aliphatic heterocycles. The van der Waals surface area contributed by atoms with Gasteiger partial charge in [-0.2, -0.15) is 4.48 Å². The molecule has 0 aromatic carbocycles. The Bertz CT molecular complexity index is 621. The average Bonchev–Trinajstić information content (AvgIpc) is 3.05. The molecule has 0 spiro atoms. The number of Topliss-reactive ketones (excluding diaryl/α,β-unsaturated/α-hetero) is 1. The van der Waals surface area contributed by atoms with Crippen molar-refractivity contribution in [3.63, 3.8) is 0 Å². The SMILES string of the molecule is CC(CCC1CCC([N+]2(C)C=CC(N)=NC2=O)O1)C(=O)C(C(C)C)C(C)O. The van der Waals surface area contributed by atoms with Crippen LogP contribution in [-0.4, -0.2) is 52.7 Å². The number of carbonyl (C=O) groups is 2. The van der Waals surface area contributed by atoms with Gasteiger partial charge in [0.05, 0.1) is 19.3 Å². The van der Waals surface area contributed by atoms with Crippen LogP contribution in [-0.2, 0) is 9.53 Å². The van der Waals surface area contributed by atoms with E-state index in [4.69, 9.17) is 10.5 Å². The van der Waals surface area contributed by atoms with Gasteiger partial charge >= 0.3 is 6.03 Å². The number of aliphatic hydroxyl groups is 1. The summed E-state index contributed by atoms with van der Waals surface area (Å²) in [6.07, 6.45) is 5.57. The van der Waals surface area contributed by atoms with E-state index in [0.29, 0.717) is 6.42 Å². The zero-order valence-electron chi connectivity index (χ0n) is 17.1. The Morgan fingerprint density at radius 1 is 1.37 bits per heavy atom. The number of urea groups is 1. The van der Waals surface area contributed by atoms with Crippen molar-refractivity contribution in [1.82, 2.24) is 0 Å². The lowest BCUT2D eigenvalue weighted by molar-refractivity contribution is -0.830. The molecule has 1 fully saturated rings. The van der Waals surface area contributed by atoms with Gasteiger partial charge in [-0.25, -0.2) is 4.79 Å². The molecule has 2 amide bonds. The van der Waals surface area contributed by atoms with Crippen LogP contribution in [0.15, 0.2) is 17.3 Å². The van der Waals surface area contributed by atoms with Crippen molar-refractivity contribution in [2.24, 2.45) is 28.5 Å². The van der Waals surface area contributed by atoms with Gasteiger partial charge in [0.25, 0.3) is 0 Å². The minimum Gasteiger partial charge on any atom is -0.393 e. The highest BCUT2D eigenvalue weighted by atomic mass is 16.5. The maximum atomic E-state index is 12.7. The molecule has 0 aromatic heterocycles. The third kappa shape index (κ3) is 4.83. The molecular formula is C20H34N3O4+. The second-order valence-electron chi connectivity index (χ2n) is 8.46. The van der Waals surface area contributed by atoms with Crippen LogP contribution in [0.1, 0.15) is 53.4 Å². The predicted octanol–water partition coefficient (Wildman–Crippen LogP) is 2.58. The molecular weight excluding hydrogens is 346 g/mol. The van der Waals surface area contributed by atoms with Crippen molar-refractivity contribution in [3.05, 3.63) is 12.3 Å². The first kappa shape index (κ1) is 21.7. The summed E-state index contributed by atoms with van der Waals surface area (Å²) in [5.41, 5.74) is 5.59. The predicted molar refractivity (Wildman–Crippen MR) is 104 cm³/mol. The number of rotatable bonds is 8. The summed E-state index contributed by atoms with van der Waals surface area (Å²) in [5, 5.41) is 9.93. The summed E-state index contributed by atoms with van der Waals surface area (Å²) in [4.78, 5) is 28.8. The Labute approximate surface area is 161 Å². The van der Waals surface area contributed by atoms with Crippen LogP contribution >= 0.6 is 0 Å². The number of aliphatic imine (C=N–C) groups is 1. The molecule has 0 radical (unpaired) electrons. The van der Waals surface area contributed by atoms with E-state index < -0.39 is 6.10 Å². The van der Waals surface area contributed by atoms with Crippen molar-refractivity contribution in [1.29, 1.82) is 0 Å². The van der Waals surface area contributed by atoms with Gasteiger partial charge < -0.3 is 15.6 Å². The lowest BCUT2D eigenvalue weighted by Gasteiger charge is -2.32. The molecule has 2 heterocycles. The van der Waals surface area contributed by atoms with E-state index in [0.717, 1.165) is 19.3 Å². The summed E-state index contributed by atoms with van der Waals surface area (Å²) < 4.78 is 6.10. The Morgan fingerprint density at radius 2 is 2.04 bits per heavy atom. The summed E-state index contributed by atoms with van der Waals surface area (Å²) in [5.74, 6) is -0.00864. The van der Waals surface area contributed by atoms with Crippen LogP contribution in [0.2, 0.25) is 0 Å². The highest BCUT2D eigenvalue weighted by molar-refractivity contribution is 5.99. The quantitative estimate of drug-likeness (QED) is 0.630. The van der Waals surface area contributed by atoms with Gasteiger partial charge in [-0.3, -0.25) is 4.79 Å². The first-order valence-corrected chi connectivity index (χ1v) is 9.87. The van der Waals surface area contributed by atoms with Crippen LogP contribution in [0.5, 0.6) is 0 Å². The van der Waals surface area contributed by atoms with Crippen LogP contribution < -0.4 is 5.73 Å². The number of aliphatic hydroxyl groups excluding tert-OH is 1. The molecule has 7 heteroatoms. The monoisotopic (exact) mass is 380 g/mol. The van der Waals surface area contributed by atoms with E-state index in [2.05, 4.69) is 4.99 Å². The van der Waals surface area contributed by atoms with Crippen LogP contribution in [0.4, 0.5) is 4.79 Å². The van der Waals surface area contributed by atoms with E-state index in [-0.39, 0.29) is 52.2 Å². The van der Waals surface area contributed by atoms with Gasteiger partial charge in [-0.15, -0.1) is 4.99 Å². The zero-order valence-corrected chi connectivity index (χ0v) is 17.1. The number of quaternary nitrogens is 1. The van der Waals surface area contributed by atoms with E-state index in [1.807, 2.05) is 20.8 Å². The number of nitrogens with zero attached hydrogens (tertiary/aromatic N) is 2. The third-order valence-corrected chi connectivity index (χ3v) is 5.85. The van der Waals surface area contributed by atoms with Crippen molar-refractivity contribution < 1.29 is 23.9 Å². The van der Waals surface area contributed by atoms with Gasteiger partial charge in [-0.1, -0.05) is 20.8 Å². The molecule has 1 saturated heterocycles. The van der Waals surface area contributed by atoms with Crippen molar-refractivity contribution in [2.45, 2.75) is 71.8 Å². The highest BCUT2D eigenvalue weighted by Crippen LogP contribution is 2.33. The van der Waals surface area contributed by atoms with E-state index in [1.54, 1.807) is 26.2 Å². The number of hydrogen-bond donors (Lipinski definition) is 2. The second-order valence-corrected chi connectivity index (χ2v) is 8.46. The molecule has 6 unspecified atom stereocenters. The Hall–Kier alpha value is -1.57. The number of ketones is 1. The van der Waals surface area contributed by atoms with Gasteiger partial charge in [0, 0.05) is 24.3 Å². The van der Waals surface area contributed by atoms with Crippen LogP contribution in [0.25, 0.3) is 0 Å². The minimum absolute atomic E-state index is 0.0219. The van der Waals surface area contributed by atoms with Crippen molar-refractivity contribution in [3.8, 4) is 0 Å². The normalized spacial score (nSPS) is 31.7.